The van der Waals surface area contributed by atoms with Crippen molar-refractivity contribution in [2.45, 2.75) is 11.7 Å². The number of carbonyl (C=O) groups is 2. The van der Waals surface area contributed by atoms with Crippen LogP contribution in [0.15, 0.2) is 5.10 Å². The second-order valence-electron chi connectivity index (χ2n) is 2.57. The highest BCUT2D eigenvalue weighted by atomic mass is 32.2. The summed E-state index contributed by atoms with van der Waals surface area (Å²) in [5, 5.41) is 2.86. The minimum Gasteiger partial charge on any atom is -0.377 e. The monoisotopic (exact) mass is 202 g/mol. The van der Waals surface area contributed by atoms with Gasteiger partial charge >= 0.3 is 0 Å². The summed E-state index contributed by atoms with van der Waals surface area (Å²) in [5.74, 6) is 4.45. The van der Waals surface area contributed by atoms with Gasteiger partial charge in [-0.15, -0.1) is 0 Å². The van der Waals surface area contributed by atoms with Crippen molar-refractivity contribution in [3.8, 4) is 0 Å². The number of imide groups is 1. The molecule has 1 heterocycles. The van der Waals surface area contributed by atoms with Crippen LogP contribution in [0.4, 0.5) is 0 Å². The Labute approximate surface area is 79.3 Å². The Morgan fingerprint density at radius 3 is 2.69 bits per heavy atom. The molecule has 0 bridgehead atoms. The van der Waals surface area contributed by atoms with Crippen LogP contribution < -0.4 is 11.6 Å². The smallest absolute Gasteiger partial charge is 0.243 e. The van der Waals surface area contributed by atoms with Gasteiger partial charge in [-0.2, -0.15) is 5.10 Å². The molecule has 13 heavy (non-hydrogen) atoms. The molecule has 0 radical (unpaired) electrons. The third kappa shape index (κ3) is 1.92. The lowest BCUT2D eigenvalue weighted by molar-refractivity contribution is -0.136. The summed E-state index contributed by atoms with van der Waals surface area (Å²) >= 11 is 1.01. The topological polar surface area (TPSA) is 102 Å². The van der Waals surface area contributed by atoms with E-state index in [1.807, 2.05) is 0 Å². The first-order valence-electron chi connectivity index (χ1n) is 3.56. The van der Waals surface area contributed by atoms with Gasteiger partial charge in [-0.05, 0) is 0 Å². The van der Waals surface area contributed by atoms with Gasteiger partial charge in [0.2, 0.25) is 11.8 Å². The lowest BCUT2D eigenvalue weighted by Gasteiger charge is -2.06. The van der Waals surface area contributed by atoms with Crippen molar-refractivity contribution in [3.05, 3.63) is 0 Å². The van der Waals surface area contributed by atoms with Crippen LogP contribution >= 0.6 is 11.8 Å². The van der Waals surface area contributed by atoms with Crippen LogP contribution in [0.5, 0.6) is 0 Å². The molecule has 72 valence electrons. The fourth-order valence-electron chi connectivity index (χ4n) is 0.990. The molecular weight excluding hydrogens is 192 g/mol. The van der Waals surface area contributed by atoms with Crippen molar-refractivity contribution in [1.29, 1.82) is 0 Å². The molecule has 1 unspecified atom stereocenters. The molecule has 1 aliphatic rings. The van der Waals surface area contributed by atoms with Crippen LogP contribution in [0.25, 0.3) is 0 Å². The molecule has 0 aromatic carbocycles. The molecule has 2 amide bonds. The maximum atomic E-state index is 11.3. The number of carbonyl (C=O) groups excluding carboxylic acids is 2. The Morgan fingerprint density at radius 2 is 2.31 bits per heavy atom. The lowest BCUT2D eigenvalue weighted by atomic mass is 10.4. The van der Waals surface area contributed by atoms with Gasteiger partial charge in [-0.3, -0.25) is 14.5 Å². The van der Waals surface area contributed by atoms with Gasteiger partial charge in [0.15, 0.2) is 5.17 Å². The van der Waals surface area contributed by atoms with Crippen molar-refractivity contribution in [3.63, 3.8) is 0 Å². The SMILES string of the molecule is CN1C(=O)CC(SC(N)=NN)C1=O. The molecule has 0 saturated carbocycles. The molecule has 0 aromatic heterocycles. The van der Waals surface area contributed by atoms with Crippen LogP contribution in [0, 0.1) is 0 Å². The molecule has 1 aliphatic heterocycles. The van der Waals surface area contributed by atoms with E-state index in [9.17, 15) is 9.59 Å². The third-order valence-electron chi connectivity index (χ3n) is 1.73. The van der Waals surface area contributed by atoms with Crippen molar-refractivity contribution in [2.24, 2.45) is 16.7 Å². The van der Waals surface area contributed by atoms with Gasteiger partial charge in [0, 0.05) is 13.5 Å². The largest absolute Gasteiger partial charge is 0.377 e. The molecule has 1 atom stereocenters. The fraction of sp³-hybridized carbons (Fsp3) is 0.500. The minimum absolute atomic E-state index is 0.112. The highest BCUT2D eigenvalue weighted by molar-refractivity contribution is 8.14. The number of nitrogens with zero attached hydrogens (tertiary/aromatic N) is 2. The number of amides is 2. The molecule has 7 heteroatoms. The highest BCUT2D eigenvalue weighted by Gasteiger charge is 2.37. The van der Waals surface area contributed by atoms with Crippen molar-refractivity contribution in [2.75, 3.05) is 7.05 Å². The second kappa shape index (κ2) is 3.65. The Hall–Kier alpha value is -1.24. The maximum Gasteiger partial charge on any atom is 0.243 e. The van der Waals surface area contributed by atoms with E-state index in [-0.39, 0.29) is 23.4 Å². The standard InChI is InChI=1S/C6H10N4O2S/c1-10-4(11)2-3(5(10)12)13-6(7)9-8/h3H,2,8H2,1H3,(H2,7,9). The zero-order valence-electron chi connectivity index (χ0n) is 7.06. The first kappa shape index (κ1) is 9.85. The van der Waals surface area contributed by atoms with Crippen molar-refractivity contribution in [1.82, 2.24) is 4.90 Å². The minimum atomic E-state index is -0.468. The van der Waals surface area contributed by atoms with Crippen LogP contribution in [0.1, 0.15) is 6.42 Å². The maximum absolute atomic E-state index is 11.3. The zero-order valence-corrected chi connectivity index (χ0v) is 7.87. The summed E-state index contributed by atoms with van der Waals surface area (Å²) in [7, 11) is 1.45. The van der Waals surface area contributed by atoms with Gasteiger partial charge in [0.1, 0.15) is 5.25 Å². The average molecular weight is 202 g/mol. The number of hydrazone groups is 1. The van der Waals surface area contributed by atoms with Crippen LogP contribution in [-0.4, -0.2) is 34.2 Å². The molecule has 4 N–H and O–H groups in total. The number of amidine groups is 1. The summed E-state index contributed by atoms with van der Waals surface area (Å²) in [5.41, 5.74) is 5.31. The molecule has 0 aromatic rings. The Bertz CT molecular complexity index is 278. The van der Waals surface area contributed by atoms with E-state index in [0.29, 0.717) is 0 Å². The summed E-state index contributed by atoms with van der Waals surface area (Å²) in [6.07, 6.45) is 0.163. The molecule has 6 nitrogen and oxygen atoms in total. The van der Waals surface area contributed by atoms with Gasteiger partial charge in [-0.1, -0.05) is 11.8 Å². The van der Waals surface area contributed by atoms with E-state index < -0.39 is 5.25 Å². The predicted octanol–water partition coefficient (Wildman–Crippen LogP) is -1.33. The van der Waals surface area contributed by atoms with Crippen LogP contribution in [-0.2, 0) is 9.59 Å². The zero-order chi connectivity index (χ0) is 10.0. The predicted molar refractivity (Wildman–Crippen MR) is 49.6 cm³/mol. The van der Waals surface area contributed by atoms with Crippen molar-refractivity contribution >= 4 is 28.7 Å². The molecule has 1 rings (SSSR count). The van der Waals surface area contributed by atoms with Gasteiger partial charge < -0.3 is 11.6 Å². The molecule has 1 saturated heterocycles. The molecule has 0 aliphatic carbocycles. The normalized spacial score (nSPS) is 24.2. The van der Waals surface area contributed by atoms with E-state index >= 15 is 0 Å². The number of nitrogens with two attached hydrogens (primary N) is 2. The van der Waals surface area contributed by atoms with Gasteiger partial charge in [-0.25, -0.2) is 0 Å². The molecular formula is C6H10N4O2S. The fourth-order valence-corrected chi connectivity index (χ4v) is 1.83. The third-order valence-corrected chi connectivity index (χ3v) is 2.73. The second-order valence-corrected chi connectivity index (χ2v) is 3.79. The van der Waals surface area contributed by atoms with Gasteiger partial charge in [0.25, 0.3) is 0 Å². The van der Waals surface area contributed by atoms with E-state index in [1.54, 1.807) is 0 Å². The van der Waals surface area contributed by atoms with E-state index in [0.717, 1.165) is 16.7 Å². The Morgan fingerprint density at radius 1 is 1.69 bits per heavy atom. The number of hydrogen-bond acceptors (Lipinski definition) is 5. The van der Waals surface area contributed by atoms with Crippen LogP contribution in [0.2, 0.25) is 0 Å². The van der Waals surface area contributed by atoms with Crippen molar-refractivity contribution < 1.29 is 9.59 Å². The summed E-state index contributed by atoms with van der Waals surface area (Å²) in [4.78, 5) is 23.4. The van der Waals surface area contributed by atoms with E-state index in [1.165, 1.54) is 7.05 Å². The Balaban J connectivity index is 2.64. The Kier molecular flexibility index (Phi) is 2.76. The number of rotatable bonds is 1. The van der Waals surface area contributed by atoms with E-state index in [4.69, 9.17) is 11.6 Å². The average Bonchev–Trinajstić information content (AvgIpc) is 2.34. The van der Waals surface area contributed by atoms with E-state index in [2.05, 4.69) is 5.10 Å². The van der Waals surface area contributed by atoms with Gasteiger partial charge in [0.05, 0.1) is 0 Å². The number of thioether (sulfide) groups is 1. The summed E-state index contributed by atoms with van der Waals surface area (Å²) in [6, 6.07) is 0. The molecule has 0 spiro atoms. The van der Waals surface area contributed by atoms with Crippen LogP contribution in [0.3, 0.4) is 0 Å². The quantitative estimate of drug-likeness (QED) is 0.180. The summed E-state index contributed by atoms with van der Waals surface area (Å²) in [6.45, 7) is 0. The highest BCUT2D eigenvalue weighted by Crippen LogP contribution is 2.23. The first-order chi connectivity index (χ1) is 6.06. The number of hydrogen-bond donors (Lipinski definition) is 2. The first-order valence-corrected chi connectivity index (χ1v) is 4.44. The summed E-state index contributed by atoms with van der Waals surface area (Å²) < 4.78 is 0. The molecule has 1 fully saturated rings. The number of likely N-dealkylation sites (tertiary alicyclic amines) is 1. The lowest BCUT2D eigenvalue weighted by Crippen LogP contribution is -2.27.